The molecule has 0 spiro atoms. The average Bonchev–Trinajstić information content (AvgIpc) is 3.34. The molecule has 3 aromatic rings. The van der Waals surface area contributed by atoms with Gasteiger partial charge in [0, 0.05) is 25.5 Å². The Kier molecular flexibility index (Phi) is 4.89. The lowest BCUT2D eigenvalue weighted by Crippen LogP contribution is -2.49. The van der Waals surface area contributed by atoms with Crippen LogP contribution in [0.2, 0.25) is 0 Å². The lowest BCUT2D eigenvalue weighted by Gasteiger charge is -2.38. The second-order valence-corrected chi connectivity index (χ2v) is 8.36. The topological polar surface area (TPSA) is 53.7 Å². The number of fused-ring (bicyclic) bond motifs is 1. The van der Waals surface area contributed by atoms with E-state index in [1.54, 1.807) is 23.4 Å². The van der Waals surface area contributed by atoms with Crippen LogP contribution in [0.15, 0.2) is 65.7 Å². The molecule has 1 atom stereocenters. The van der Waals surface area contributed by atoms with Crippen molar-refractivity contribution in [2.75, 3.05) is 13.6 Å². The van der Waals surface area contributed by atoms with Gasteiger partial charge >= 0.3 is 0 Å². The van der Waals surface area contributed by atoms with Gasteiger partial charge in [0.15, 0.2) is 0 Å². The number of guanidine groups is 1. The van der Waals surface area contributed by atoms with Crippen LogP contribution in [0.25, 0.3) is 11.8 Å². The number of benzene rings is 2. The Morgan fingerprint density at radius 3 is 2.59 bits per heavy atom. The third-order valence-corrected chi connectivity index (χ3v) is 6.03. The second-order valence-electron chi connectivity index (χ2n) is 8.36. The Bertz CT molecular complexity index is 1260. The molecule has 0 bridgehead atoms. The van der Waals surface area contributed by atoms with Crippen molar-refractivity contribution in [1.29, 1.82) is 0 Å². The maximum absolute atomic E-state index is 13.4. The molecule has 2 aliphatic heterocycles. The number of carbonyl (C=O) groups excluding carboxylic acids is 1. The molecule has 6 nitrogen and oxygen atoms in total. The molecule has 1 amide bonds. The maximum Gasteiger partial charge on any atom is 0.279 e. The minimum Gasteiger partial charge on any atom is -0.345 e. The van der Waals surface area contributed by atoms with Crippen molar-refractivity contribution in [2.24, 2.45) is 4.99 Å². The van der Waals surface area contributed by atoms with E-state index in [0.717, 1.165) is 41.0 Å². The van der Waals surface area contributed by atoms with Crippen molar-refractivity contribution in [3.8, 4) is 5.69 Å². The highest BCUT2D eigenvalue weighted by molar-refractivity contribution is 6.14. The second kappa shape index (κ2) is 7.75. The summed E-state index contributed by atoms with van der Waals surface area (Å²) in [4.78, 5) is 26.0. The molecule has 1 saturated heterocycles. The zero-order chi connectivity index (χ0) is 22.4. The van der Waals surface area contributed by atoms with Crippen LogP contribution < -0.4 is 0 Å². The van der Waals surface area contributed by atoms with Crippen molar-refractivity contribution in [2.45, 2.75) is 26.3 Å². The first-order valence-corrected chi connectivity index (χ1v) is 10.6. The molecule has 0 unspecified atom stereocenters. The van der Waals surface area contributed by atoms with Crippen LogP contribution >= 0.6 is 0 Å². The molecule has 32 heavy (non-hydrogen) atoms. The largest absolute Gasteiger partial charge is 0.345 e. The maximum atomic E-state index is 13.4. The molecule has 1 aromatic heterocycles. The summed E-state index contributed by atoms with van der Waals surface area (Å²) in [6, 6.07) is 12.3. The number of hydrogen-bond acceptors (Lipinski definition) is 4. The van der Waals surface area contributed by atoms with Gasteiger partial charge in [-0.05, 0) is 67.3 Å². The smallest absolute Gasteiger partial charge is 0.279 e. The molecule has 0 radical (unpaired) electrons. The van der Waals surface area contributed by atoms with Crippen molar-refractivity contribution in [3.63, 3.8) is 0 Å². The molecule has 5 rings (SSSR count). The Labute approximate surface area is 186 Å². The Balaban J connectivity index is 1.47. The predicted octanol–water partition coefficient (Wildman–Crippen LogP) is 4.24. The van der Waals surface area contributed by atoms with Crippen LogP contribution in [0.5, 0.6) is 0 Å². The average molecular weight is 429 g/mol. The number of carbonyl (C=O) groups is 1. The molecule has 0 N–H and O–H groups in total. The molecular weight excluding hydrogens is 405 g/mol. The minimum atomic E-state index is -0.284. The number of aryl methyl sites for hydroxylation is 2. The molecule has 0 aliphatic carbocycles. The minimum absolute atomic E-state index is 0.132. The summed E-state index contributed by atoms with van der Waals surface area (Å²) in [6.07, 6.45) is 6.37. The molecule has 3 heterocycles. The van der Waals surface area contributed by atoms with Gasteiger partial charge in [-0.3, -0.25) is 9.69 Å². The summed E-state index contributed by atoms with van der Waals surface area (Å²) in [5.41, 5.74) is 5.32. The number of rotatable bonds is 3. The van der Waals surface area contributed by atoms with E-state index < -0.39 is 0 Å². The Morgan fingerprint density at radius 1 is 1.12 bits per heavy atom. The first kappa shape index (κ1) is 20.2. The van der Waals surface area contributed by atoms with Crippen LogP contribution in [0.3, 0.4) is 0 Å². The van der Waals surface area contributed by atoms with Gasteiger partial charge in [0.1, 0.15) is 11.5 Å². The lowest BCUT2D eigenvalue weighted by molar-refractivity contribution is -0.125. The van der Waals surface area contributed by atoms with Crippen LogP contribution in [-0.4, -0.2) is 44.8 Å². The SMILES string of the molecule is Cc1cn(-c2ccc(/C=C3\N=C4N(C)CC[C@@H](c5ccc(F)cc5)N4C3=O)cc2C)cn1. The van der Waals surface area contributed by atoms with E-state index in [1.807, 2.05) is 60.8 Å². The van der Waals surface area contributed by atoms with Gasteiger partial charge in [-0.2, -0.15) is 0 Å². The fraction of sp³-hybridized carbons (Fsp3) is 0.240. The molecule has 2 aliphatic rings. The zero-order valence-corrected chi connectivity index (χ0v) is 18.3. The Hall–Kier alpha value is -3.74. The molecule has 162 valence electrons. The van der Waals surface area contributed by atoms with Crippen LogP contribution in [0.4, 0.5) is 4.39 Å². The number of hydrogen-bond donors (Lipinski definition) is 0. The van der Waals surface area contributed by atoms with Crippen molar-refractivity contribution in [1.82, 2.24) is 19.4 Å². The van der Waals surface area contributed by atoms with Crippen molar-refractivity contribution >= 4 is 17.9 Å². The molecule has 1 fully saturated rings. The van der Waals surface area contributed by atoms with Gasteiger partial charge in [-0.1, -0.05) is 18.2 Å². The monoisotopic (exact) mass is 429 g/mol. The normalized spacial score (nSPS) is 19.5. The summed E-state index contributed by atoms with van der Waals surface area (Å²) < 4.78 is 15.4. The van der Waals surface area contributed by atoms with Crippen molar-refractivity contribution < 1.29 is 9.18 Å². The molecule has 7 heteroatoms. The first-order chi connectivity index (χ1) is 15.4. The van der Waals surface area contributed by atoms with E-state index >= 15 is 0 Å². The van der Waals surface area contributed by atoms with Crippen LogP contribution in [0, 0.1) is 19.7 Å². The van der Waals surface area contributed by atoms with Crippen LogP contribution in [0.1, 0.15) is 34.8 Å². The summed E-state index contributed by atoms with van der Waals surface area (Å²) in [5, 5.41) is 0. The van der Waals surface area contributed by atoms with E-state index in [4.69, 9.17) is 0 Å². The molecule has 2 aromatic carbocycles. The van der Waals surface area contributed by atoms with Gasteiger partial charge in [0.25, 0.3) is 5.91 Å². The summed E-state index contributed by atoms with van der Waals surface area (Å²) in [7, 11) is 1.94. The number of aliphatic imine (C=N–C) groups is 1. The standard InChI is InChI=1S/C25H24FN5O/c1-16-12-18(4-9-22(16)30-14-17(2)27-15-30)13-21-24(32)31-23(10-11-29(3)25(31)28-21)19-5-7-20(26)8-6-19/h4-9,12-15,23H,10-11H2,1-3H3/b21-13-/t23-/m0/s1. The summed E-state index contributed by atoms with van der Waals surface area (Å²) in [6.45, 7) is 4.77. The summed E-state index contributed by atoms with van der Waals surface area (Å²) >= 11 is 0. The fourth-order valence-corrected chi connectivity index (χ4v) is 4.38. The number of amides is 1. The zero-order valence-electron chi connectivity index (χ0n) is 18.3. The van der Waals surface area contributed by atoms with E-state index in [9.17, 15) is 9.18 Å². The predicted molar refractivity (Wildman–Crippen MR) is 122 cm³/mol. The number of aromatic nitrogens is 2. The third-order valence-electron chi connectivity index (χ3n) is 6.03. The highest BCUT2D eigenvalue weighted by atomic mass is 19.1. The van der Waals surface area contributed by atoms with E-state index in [2.05, 4.69) is 9.98 Å². The molecular formula is C25H24FN5O. The highest BCUT2D eigenvalue weighted by Gasteiger charge is 2.41. The van der Waals surface area contributed by atoms with Gasteiger partial charge in [0.2, 0.25) is 5.96 Å². The number of halogens is 1. The van der Waals surface area contributed by atoms with E-state index in [-0.39, 0.29) is 17.8 Å². The Morgan fingerprint density at radius 2 is 1.91 bits per heavy atom. The third kappa shape index (κ3) is 3.49. The lowest BCUT2D eigenvalue weighted by atomic mass is 10.00. The highest BCUT2D eigenvalue weighted by Crippen LogP contribution is 2.35. The van der Waals surface area contributed by atoms with Crippen LogP contribution in [-0.2, 0) is 4.79 Å². The van der Waals surface area contributed by atoms with Gasteiger partial charge in [0.05, 0.1) is 18.1 Å². The van der Waals surface area contributed by atoms with Gasteiger partial charge < -0.3 is 9.47 Å². The van der Waals surface area contributed by atoms with E-state index in [0.29, 0.717) is 11.7 Å². The van der Waals surface area contributed by atoms with E-state index in [1.165, 1.54) is 12.1 Å². The number of imidazole rings is 1. The first-order valence-electron chi connectivity index (χ1n) is 10.6. The quantitative estimate of drug-likeness (QED) is 0.585. The molecule has 0 saturated carbocycles. The van der Waals surface area contributed by atoms with Gasteiger partial charge in [-0.15, -0.1) is 0 Å². The number of nitrogens with zero attached hydrogens (tertiary/aromatic N) is 5. The van der Waals surface area contributed by atoms with Crippen molar-refractivity contribution in [3.05, 3.63) is 88.9 Å². The fourth-order valence-electron chi connectivity index (χ4n) is 4.38. The van der Waals surface area contributed by atoms with Gasteiger partial charge in [-0.25, -0.2) is 14.4 Å². The summed E-state index contributed by atoms with van der Waals surface area (Å²) in [5.74, 6) is 0.227.